The van der Waals surface area contributed by atoms with E-state index in [0.717, 1.165) is 0 Å². The fourth-order valence-electron chi connectivity index (χ4n) is 1.02. The molecule has 0 radical (unpaired) electrons. The van der Waals surface area contributed by atoms with Gasteiger partial charge >= 0.3 is 0 Å². The SMILES string of the molecule is PCCCC=Cc1ccccc1. The van der Waals surface area contributed by atoms with Gasteiger partial charge in [0.2, 0.25) is 0 Å². The van der Waals surface area contributed by atoms with Gasteiger partial charge in [0, 0.05) is 0 Å². The van der Waals surface area contributed by atoms with Crippen LogP contribution in [0, 0.1) is 0 Å². The molecule has 1 atom stereocenters. The highest BCUT2D eigenvalue weighted by atomic mass is 31.0. The molecule has 1 heteroatoms. The van der Waals surface area contributed by atoms with E-state index in [1.165, 1.54) is 24.6 Å². The Morgan fingerprint density at radius 3 is 2.58 bits per heavy atom. The summed E-state index contributed by atoms with van der Waals surface area (Å²) in [6.07, 6.45) is 8.05. The van der Waals surface area contributed by atoms with E-state index in [0.29, 0.717) is 0 Å². The summed E-state index contributed by atoms with van der Waals surface area (Å²) in [5.74, 6) is 0. The molecule has 0 aliphatic rings. The van der Waals surface area contributed by atoms with Crippen molar-refractivity contribution in [2.45, 2.75) is 12.8 Å². The van der Waals surface area contributed by atoms with Gasteiger partial charge in [-0.15, -0.1) is 9.24 Å². The van der Waals surface area contributed by atoms with Crippen LogP contribution in [0.4, 0.5) is 0 Å². The summed E-state index contributed by atoms with van der Waals surface area (Å²) in [5, 5.41) is 0. The van der Waals surface area contributed by atoms with Crippen molar-refractivity contribution < 1.29 is 0 Å². The topological polar surface area (TPSA) is 0 Å². The standard InChI is InChI=1S/C11H15P/c12-10-6-2-5-9-11-7-3-1-4-8-11/h1,3-5,7-9H,2,6,10,12H2. The van der Waals surface area contributed by atoms with Crippen LogP contribution in [-0.2, 0) is 0 Å². The number of benzene rings is 1. The van der Waals surface area contributed by atoms with Crippen LogP contribution in [0.25, 0.3) is 6.08 Å². The molecular weight excluding hydrogens is 163 g/mol. The summed E-state index contributed by atoms with van der Waals surface area (Å²) < 4.78 is 0. The third-order valence-electron chi connectivity index (χ3n) is 1.68. The largest absolute Gasteiger partial charge is 0.138 e. The highest BCUT2D eigenvalue weighted by molar-refractivity contribution is 7.16. The first kappa shape index (κ1) is 9.48. The molecule has 1 rings (SSSR count). The minimum Gasteiger partial charge on any atom is -0.138 e. The quantitative estimate of drug-likeness (QED) is 0.490. The van der Waals surface area contributed by atoms with Crippen LogP contribution in [0.2, 0.25) is 0 Å². The lowest BCUT2D eigenvalue weighted by Gasteiger charge is -1.91. The average molecular weight is 178 g/mol. The zero-order valence-corrected chi connectivity index (χ0v) is 8.39. The van der Waals surface area contributed by atoms with E-state index in [9.17, 15) is 0 Å². The van der Waals surface area contributed by atoms with Crippen molar-refractivity contribution in [3.8, 4) is 0 Å². The van der Waals surface area contributed by atoms with E-state index in [2.05, 4.69) is 45.7 Å². The number of hydrogen-bond acceptors (Lipinski definition) is 0. The first-order valence-electron chi connectivity index (χ1n) is 4.35. The van der Waals surface area contributed by atoms with Crippen molar-refractivity contribution in [1.29, 1.82) is 0 Å². The van der Waals surface area contributed by atoms with E-state index in [4.69, 9.17) is 0 Å². The molecule has 12 heavy (non-hydrogen) atoms. The molecule has 0 fully saturated rings. The molecule has 0 aromatic heterocycles. The zero-order chi connectivity index (χ0) is 8.65. The Bertz CT molecular complexity index is 226. The highest BCUT2D eigenvalue weighted by Gasteiger charge is 1.81. The van der Waals surface area contributed by atoms with E-state index < -0.39 is 0 Å². The van der Waals surface area contributed by atoms with Crippen molar-refractivity contribution in [3.05, 3.63) is 42.0 Å². The fourth-order valence-corrected chi connectivity index (χ4v) is 1.25. The lowest BCUT2D eigenvalue weighted by molar-refractivity contribution is 0.976. The molecule has 0 N–H and O–H groups in total. The van der Waals surface area contributed by atoms with Crippen molar-refractivity contribution in [1.82, 2.24) is 0 Å². The van der Waals surface area contributed by atoms with Crippen LogP contribution >= 0.6 is 9.24 Å². The van der Waals surface area contributed by atoms with Crippen molar-refractivity contribution >= 4 is 15.3 Å². The number of hydrogen-bond donors (Lipinski definition) is 0. The second-order valence-electron chi connectivity index (χ2n) is 2.74. The summed E-state index contributed by atoms with van der Waals surface area (Å²) >= 11 is 0. The lowest BCUT2D eigenvalue weighted by atomic mass is 10.2. The van der Waals surface area contributed by atoms with Gasteiger partial charge in [0.05, 0.1) is 0 Å². The van der Waals surface area contributed by atoms with E-state index >= 15 is 0 Å². The average Bonchev–Trinajstić information content (AvgIpc) is 2.14. The van der Waals surface area contributed by atoms with Gasteiger partial charge in [-0.05, 0) is 24.6 Å². The van der Waals surface area contributed by atoms with E-state index in [1.54, 1.807) is 0 Å². The maximum atomic E-state index is 2.74. The maximum Gasteiger partial charge on any atom is -0.0260 e. The van der Waals surface area contributed by atoms with Gasteiger partial charge in [0.25, 0.3) is 0 Å². The summed E-state index contributed by atoms with van der Waals surface area (Å²) in [6, 6.07) is 10.4. The molecule has 1 aromatic rings. The van der Waals surface area contributed by atoms with Gasteiger partial charge in [-0.25, -0.2) is 0 Å². The summed E-state index contributed by atoms with van der Waals surface area (Å²) in [4.78, 5) is 0. The molecule has 1 aromatic carbocycles. The molecule has 0 aliphatic carbocycles. The van der Waals surface area contributed by atoms with Gasteiger partial charge in [0.15, 0.2) is 0 Å². The highest BCUT2D eigenvalue weighted by Crippen LogP contribution is 2.03. The Kier molecular flexibility index (Phi) is 4.71. The molecular formula is C11H15P. The Balaban J connectivity index is 2.36. The van der Waals surface area contributed by atoms with Crippen LogP contribution < -0.4 is 0 Å². The van der Waals surface area contributed by atoms with Gasteiger partial charge in [-0.2, -0.15) is 0 Å². The molecule has 0 saturated heterocycles. The molecule has 0 heterocycles. The first-order valence-corrected chi connectivity index (χ1v) is 5.17. The zero-order valence-electron chi connectivity index (χ0n) is 7.24. The van der Waals surface area contributed by atoms with Crippen LogP contribution in [0.15, 0.2) is 36.4 Å². The van der Waals surface area contributed by atoms with Gasteiger partial charge in [-0.3, -0.25) is 0 Å². The molecule has 64 valence electrons. The van der Waals surface area contributed by atoms with Gasteiger partial charge < -0.3 is 0 Å². The minimum atomic E-state index is 1.18. The second-order valence-corrected chi connectivity index (χ2v) is 3.32. The normalized spacial score (nSPS) is 10.8. The Morgan fingerprint density at radius 1 is 1.17 bits per heavy atom. The van der Waals surface area contributed by atoms with Crippen molar-refractivity contribution in [3.63, 3.8) is 0 Å². The molecule has 0 bridgehead atoms. The smallest absolute Gasteiger partial charge is 0.0260 e. The predicted octanol–water partition coefficient (Wildman–Crippen LogP) is 3.36. The van der Waals surface area contributed by atoms with E-state index in [1.807, 2.05) is 6.07 Å². The van der Waals surface area contributed by atoms with Gasteiger partial charge in [0.1, 0.15) is 0 Å². The minimum absolute atomic E-state index is 1.18. The van der Waals surface area contributed by atoms with Crippen LogP contribution in [-0.4, -0.2) is 6.16 Å². The third kappa shape index (κ3) is 3.69. The van der Waals surface area contributed by atoms with Crippen LogP contribution in [0.1, 0.15) is 18.4 Å². The Morgan fingerprint density at radius 2 is 1.92 bits per heavy atom. The molecule has 0 nitrogen and oxygen atoms in total. The maximum absolute atomic E-state index is 2.74. The van der Waals surface area contributed by atoms with Crippen LogP contribution in [0.3, 0.4) is 0 Å². The van der Waals surface area contributed by atoms with Crippen molar-refractivity contribution in [2.24, 2.45) is 0 Å². The molecule has 0 saturated carbocycles. The second kappa shape index (κ2) is 5.97. The molecule has 0 aliphatic heterocycles. The number of allylic oxidation sites excluding steroid dienone is 1. The third-order valence-corrected chi connectivity index (χ3v) is 2.09. The van der Waals surface area contributed by atoms with Crippen LogP contribution in [0.5, 0.6) is 0 Å². The summed E-state index contributed by atoms with van der Waals surface area (Å²) in [7, 11) is 2.74. The molecule has 1 unspecified atom stereocenters. The Labute approximate surface area is 76.9 Å². The first-order chi connectivity index (χ1) is 5.93. The summed E-state index contributed by atoms with van der Waals surface area (Å²) in [5.41, 5.74) is 1.29. The lowest BCUT2D eigenvalue weighted by Crippen LogP contribution is -1.71. The summed E-state index contributed by atoms with van der Waals surface area (Å²) in [6.45, 7) is 0. The van der Waals surface area contributed by atoms with E-state index in [-0.39, 0.29) is 0 Å². The number of unbranched alkanes of at least 4 members (excludes halogenated alkanes) is 1. The number of rotatable bonds is 4. The van der Waals surface area contributed by atoms with Crippen molar-refractivity contribution in [2.75, 3.05) is 6.16 Å². The monoisotopic (exact) mass is 178 g/mol. The predicted molar refractivity (Wildman–Crippen MR) is 59.3 cm³/mol. The molecule has 0 amide bonds. The fraction of sp³-hybridized carbons (Fsp3) is 0.273. The molecule has 0 spiro atoms. The van der Waals surface area contributed by atoms with Gasteiger partial charge in [-0.1, -0.05) is 42.5 Å². The Hall–Kier alpha value is -0.610.